The van der Waals surface area contributed by atoms with Crippen molar-refractivity contribution in [2.24, 2.45) is 0 Å². The molecule has 1 fully saturated rings. The zero-order chi connectivity index (χ0) is 17.2. The summed E-state index contributed by atoms with van der Waals surface area (Å²) < 4.78 is 7.13. The average Bonchev–Trinajstić information content (AvgIpc) is 3.24. The highest BCUT2D eigenvalue weighted by Gasteiger charge is 2.20. The molecule has 2 aromatic heterocycles. The molecule has 4 rings (SSSR count). The number of imidazole rings is 1. The minimum Gasteiger partial charge on any atom is -0.378 e. The summed E-state index contributed by atoms with van der Waals surface area (Å²) in [6.07, 6.45) is 1.85. The van der Waals surface area contributed by atoms with Crippen LogP contribution in [0.25, 0.3) is 4.96 Å². The lowest BCUT2D eigenvalue weighted by atomic mass is 10.1. The van der Waals surface area contributed by atoms with Gasteiger partial charge in [0, 0.05) is 18.8 Å². The van der Waals surface area contributed by atoms with Crippen LogP contribution in [-0.2, 0) is 4.74 Å². The molecule has 1 aliphatic heterocycles. The van der Waals surface area contributed by atoms with Crippen molar-refractivity contribution in [3.05, 3.63) is 47.2 Å². The van der Waals surface area contributed by atoms with Crippen LogP contribution < -0.4 is 10.2 Å². The molecule has 1 amide bonds. The van der Waals surface area contributed by atoms with Crippen LogP contribution in [0.15, 0.2) is 36.0 Å². The van der Waals surface area contributed by atoms with E-state index in [1.807, 2.05) is 37.4 Å². The molecule has 0 aliphatic carbocycles. The fourth-order valence-electron chi connectivity index (χ4n) is 2.96. The number of hydrogen-bond acceptors (Lipinski definition) is 6. The number of amides is 1. The van der Waals surface area contributed by atoms with Gasteiger partial charge in [-0.15, -0.1) is 0 Å². The first-order valence-corrected chi connectivity index (χ1v) is 9.11. The van der Waals surface area contributed by atoms with E-state index in [-0.39, 0.29) is 11.9 Å². The molecular formula is C17H19N5O2S. The minimum absolute atomic E-state index is 0.0982. The molecule has 1 aromatic carbocycles. The number of nitrogens with one attached hydrogen (secondary N) is 1. The maximum Gasteiger partial charge on any atom is 0.253 e. The fourth-order valence-corrected chi connectivity index (χ4v) is 3.57. The number of hydrogen-bond donors (Lipinski definition) is 1. The van der Waals surface area contributed by atoms with Crippen molar-refractivity contribution in [2.45, 2.75) is 13.0 Å². The van der Waals surface area contributed by atoms with Crippen LogP contribution in [0.4, 0.5) is 5.69 Å². The van der Waals surface area contributed by atoms with Crippen LogP contribution in [0.1, 0.15) is 29.0 Å². The van der Waals surface area contributed by atoms with E-state index in [0.29, 0.717) is 18.8 Å². The molecule has 3 heterocycles. The van der Waals surface area contributed by atoms with E-state index in [1.165, 1.54) is 11.3 Å². The quantitative estimate of drug-likeness (QED) is 0.774. The molecule has 1 aliphatic rings. The molecule has 7 nitrogen and oxygen atoms in total. The van der Waals surface area contributed by atoms with Gasteiger partial charge >= 0.3 is 0 Å². The first-order chi connectivity index (χ1) is 12.2. The molecular weight excluding hydrogens is 338 g/mol. The lowest BCUT2D eigenvalue weighted by Gasteiger charge is -2.30. The van der Waals surface area contributed by atoms with Gasteiger partial charge in [0.15, 0.2) is 0 Å². The maximum atomic E-state index is 12.8. The van der Waals surface area contributed by atoms with E-state index in [1.54, 1.807) is 10.0 Å². The Kier molecular flexibility index (Phi) is 4.37. The van der Waals surface area contributed by atoms with Crippen molar-refractivity contribution < 1.29 is 9.53 Å². The van der Waals surface area contributed by atoms with Crippen LogP contribution in [0.5, 0.6) is 0 Å². The van der Waals surface area contributed by atoms with E-state index in [0.717, 1.165) is 29.4 Å². The van der Waals surface area contributed by atoms with Crippen molar-refractivity contribution >= 4 is 27.9 Å². The van der Waals surface area contributed by atoms with Crippen LogP contribution >= 0.6 is 11.3 Å². The Hall–Kier alpha value is -2.45. The van der Waals surface area contributed by atoms with Gasteiger partial charge in [-0.25, -0.2) is 9.50 Å². The van der Waals surface area contributed by atoms with Crippen molar-refractivity contribution in [1.29, 1.82) is 0 Å². The summed E-state index contributed by atoms with van der Waals surface area (Å²) in [5.74, 6) is -0.0982. The first kappa shape index (κ1) is 16.0. The lowest BCUT2D eigenvalue weighted by molar-refractivity contribution is 0.0938. The third kappa shape index (κ3) is 3.22. The highest BCUT2D eigenvalue weighted by Crippen LogP contribution is 2.23. The van der Waals surface area contributed by atoms with E-state index in [9.17, 15) is 4.79 Å². The number of anilines is 1. The molecule has 0 bridgehead atoms. The van der Waals surface area contributed by atoms with Gasteiger partial charge in [-0.05, 0) is 19.1 Å². The van der Waals surface area contributed by atoms with Crippen molar-refractivity contribution in [2.75, 3.05) is 31.2 Å². The number of para-hydroxylation sites is 1. The normalized spacial score (nSPS) is 16.1. The van der Waals surface area contributed by atoms with Gasteiger partial charge in [-0.2, -0.15) is 5.10 Å². The van der Waals surface area contributed by atoms with Crippen LogP contribution in [-0.4, -0.2) is 46.8 Å². The van der Waals surface area contributed by atoms with E-state index < -0.39 is 0 Å². The number of benzene rings is 1. The summed E-state index contributed by atoms with van der Waals surface area (Å²) in [5, 5.41) is 7.22. The molecule has 130 valence electrons. The second-order valence-corrected chi connectivity index (χ2v) is 6.76. The predicted molar refractivity (Wildman–Crippen MR) is 96.2 cm³/mol. The molecule has 0 spiro atoms. The molecule has 3 aromatic rings. The molecule has 0 radical (unpaired) electrons. The molecule has 1 atom stereocenters. The third-order valence-electron chi connectivity index (χ3n) is 4.30. The third-order valence-corrected chi connectivity index (χ3v) is 4.99. The van der Waals surface area contributed by atoms with Crippen LogP contribution in [0, 0.1) is 0 Å². The van der Waals surface area contributed by atoms with Crippen LogP contribution in [0.2, 0.25) is 0 Å². The van der Waals surface area contributed by atoms with Crippen molar-refractivity contribution in [1.82, 2.24) is 19.9 Å². The zero-order valence-electron chi connectivity index (χ0n) is 13.9. The number of ether oxygens (including phenoxy) is 1. The Labute approximate surface area is 149 Å². The molecule has 1 saturated heterocycles. The number of morpholine rings is 1. The SMILES string of the molecule is CC(NC(=O)c1ccccc1N1CCOCC1)c1cn2ncsc2n1. The van der Waals surface area contributed by atoms with Gasteiger partial charge in [0.2, 0.25) is 4.96 Å². The van der Waals surface area contributed by atoms with Crippen LogP contribution in [0.3, 0.4) is 0 Å². The summed E-state index contributed by atoms with van der Waals surface area (Å²) in [7, 11) is 0. The molecule has 1 N–H and O–H groups in total. The molecule has 8 heteroatoms. The van der Waals surface area contributed by atoms with Gasteiger partial charge in [0.1, 0.15) is 5.51 Å². The summed E-state index contributed by atoms with van der Waals surface area (Å²) in [4.78, 5) is 20.4. The maximum absolute atomic E-state index is 12.8. The van der Waals surface area contributed by atoms with E-state index in [4.69, 9.17) is 4.74 Å². The monoisotopic (exact) mass is 357 g/mol. The summed E-state index contributed by atoms with van der Waals surface area (Å²) >= 11 is 1.47. The number of fused-ring (bicyclic) bond motifs is 1. The molecule has 25 heavy (non-hydrogen) atoms. The molecule has 1 unspecified atom stereocenters. The Morgan fingerprint density at radius 3 is 2.92 bits per heavy atom. The van der Waals surface area contributed by atoms with Gasteiger partial charge in [0.05, 0.1) is 36.7 Å². The Bertz CT molecular complexity index is 855. The second kappa shape index (κ2) is 6.81. The largest absolute Gasteiger partial charge is 0.378 e. The highest BCUT2D eigenvalue weighted by molar-refractivity contribution is 7.14. The predicted octanol–water partition coefficient (Wildman–Crippen LogP) is 2.12. The number of rotatable bonds is 4. The van der Waals surface area contributed by atoms with Gasteiger partial charge in [0.25, 0.3) is 5.91 Å². The Morgan fingerprint density at radius 2 is 2.12 bits per heavy atom. The number of aromatic nitrogens is 3. The summed E-state index contributed by atoms with van der Waals surface area (Å²) in [6.45, 7) is 4.89. The number of nitrogens with zero attached hydrogens (tertiary/aromatic N) is 4. The van der Waals surface area contributed by atoms with Crippen molar-refractivity contribution in [3.8, 4) is 0 Å². The molecule has 0 saturated carbocycles. The topological polar surface area (TPSA) is 71.8 Å². The lowest BCUT2D eigenvalue weighted by Crippen LogP contribution is -2.38. The second-order valence-electron chi connectivity index (χ2n) is 5.94. The highest BCUT2D eigenvalue weighted by atomic mass is 32.1. The van der Waals surface area contributed by atoms with E-state index >= 15 is 0 Å². The zero-order valence-corrected chi connectivity index (χ0v) is 14.7. The van der Waals surface area contributed by atoms with E-state index in [2.05, 4.69) is 20.3 Å². The average molecular weight is 357 g/mol. The summed E-state index contributed by atoms with van der Waals surface area (Å²) in [5.41, 5.74) is 4.17. The Balaban J connectivity index is 1.53. The smallest absolute Gasteiger partial charge is 0.253 e. The number of carbonyl (C=O) groups excluding carboxylic acids is 1. The van der Waals surface area contributed by atoms with Crippen molar-refractivity contribution in [3.63, 3.8) is 0 Å². The van der Waals surface area contributed by atoms with Gasteiger partial charge < -0.3 is 15.0 Å². The Morgan fingerprint density at radius 1 is 1.32 bits per heavy atom. The first-order valence-electron chi connectivity index (χ1n) is 8.24. The summed E-state index contributed by atoms with van der Waals surface area (Å²) in [6, 6.07) is 7.50. The van der Waals surface area contributed by atoms with Gasteiger partial charge in [-0.3, -0.25) is 4.79 Å². The standard InChI is InChI=1S/C17H19N5O2S/c1-12(14-10-22-17(20-14)25-11-18-22)19-16(23)13-4-2-3-5-15(13)21-6-8-24-9-7-21/h2-5,10-12H,6-9H2,1H3,(H,19,23). The van der Waals surface area contributed by atoms with Gasteiger partial charge in [-0.1, -0.05) is 23.5 Å². The minimum atomic E-state index is -0.195. The fraction of sp³-hybridized carbons (Fsp3) is 0.353. The number of carbonyl (C=O) groups is 1.